The van der Waals surface area contributed by atoms with Crippen molar-refractivity contribution in [2.24, 2.45) is 0 Å². The average Bonchev–Trinajstić information content (AvgIpc) is 2.49. The van der Waals surface area contributed by atoms with Crippen LogP contribution in [0.4, 0.5) is 27.5 Å². The second kappa shape index (κ2) is 6.75. The van der Waals surface area contributed by atoms with Crippen LogP contribution in [0.1, 0.15) is 5.69 Å². The van der Waals surface area contributed by atoms with Crippen molar-refractivity contribution in [2.45, 2.75) is 6.92 Å². The third-order valence-corrected chi connectivity index (χ3v) is 3.54. The molecule has 2 aromatic carbocycles. The highest BCUT2D eigenvalue weighted by Gasteiger charge is 2.04. The number of aryl methyl sites for hydroxylation is 1. The quantitative estimate of drug-likeness (QED) is 0.662. The number of hydrogen-bond donors (Lipinski definition) is 2. The van der Waals surface area contributed by atoms with E-state index in [1.165, 1.54) is 12.1 Å². The average molecular weight is 373 g/mol. The Kier molecular flexibility index (Phi) is 4.52. The van der Waals surface area contributed by atoms with Gasteiger partial charge in [-0.15, -0.1) is 0 Å². The van der Waals surface area contributed by atoms with Crippen LogP contribution in [0.15, 0.2) is 59.1 Å². The van der Waals surface area contributed by atoms with Crippen molar-refractivity contribution in [1.29, 1.82) is 0 Å². The highest BCUT2D eigenvalue weighted by atomic mass is 79.9. The summed E-state index contributed by atoms with van der Waals surface area (Å²) in [6.07, 6.45) is 0. The Labute approximate surface area is 141 Å². The highest BCUT2D eigenvalue weighted by Crippen LogP contribution is 2.21. The van der Waals surface area contributed by atoms with E-state index in [0.29, 0.717) is 11.8 Å². The molecule has 0 amide bonds. The number of nitrogens with one attached hydrogen (secondary N) is 2. The predicted molar refractivity (Wildman–Crippen MR) is 93.9 cm³/mol. The fourth-order valence-electron chi connectivity index (χ4n) is 2.06. The van der Waals surface area contributed by atoms with E-state index in [2.05, 4.69) is 36.5 Å². The van der Waals surface area contributed by atoms with Crippen LogP contribution in [0.25, 0.3) is 0 Å². The number of aromatic nitrogens is 2. The predicted octanol–water partition coefficient (Wildman–Crippen LogP) is 5.17. The van der Waals surface area contributed by atoms with E-state index < -0.39 is 0 Å². The van der Waals surface area contributed by atoms with Gasteiger partial charge < -0.3 is 10.6 Å². The van der Waals surface area contributed by atoms with Crippen LogP contribution in [0.2, 0.25) is 0 Å². The van der Waals surface area contributed by atoms with Gasteiger partial charge in [-0.05, 0) is 49.4 Å². The first-order valence-corrected chi connectivity index (χ1v) is 7.79. The number of benzene rings is 2. The number of hydrogen-bond acceptors (Lipinski definition) is 4. The number of halogens is 2. The summed E-state index contributed by atoms with van der Waals surface area (Å²) >= 11 is 3.44. The first kappa shape index (κ1) is 15.4. The molecule has 1 heterocycles. The summed E-state index contributed by atoms with van der Waals surface area (Å²) < 4.78 is 13.9. The number of rotatable bonds is 4. The highest BCUT2D eigenvalue weighted by molar-refractivity contribution is 9.10. The number of nitrogens with zero attached hydrogens (tertiary/aromatic N) is 2. The van der Waals surface area contributed by atoms with Crippen LogP contribution in [-0.2, 0) is 0 Å². The summed E-state index contributed by atoms with van der Waals surface area (Å²) in [4.78, 5) is 8.78. The molecule has 4 nitrogen and oxygen atoms in total. The summed E-state index contributed by atoms with van der Waals surface area (Å²) in [5.41, 5.74) is 2.47. The summed E-state index contributed by atoms with van der Waals surface area (Å²) in [6, 6.07) is 15.7. The van der Waals surface area contributed by atoms with Crippen molar-refractivity contribution in [3.8, 4) is 0 Å². The largest absolute Gasteiger partial charge is 0.340 e. The Balaban J connectivity index is 1.82. The van der Waals surface area contributed by atoms with E-state index in [-0.39, 0.29) is 5.82 Å². The second-order valence-corrected chi connectivity index (χ2v) is 5.90. The van der Waals surface area contributed by atoms with Crippen molar-refractivity contribution in [3.05, 3.63) is 70.6 Å². The molecule has 23 heavy (non-hydrogen) atoms. The molecule has 0 atom stereocenters. The van der Waals surface area contributed by atoms with E-state index in [4.69, 9.17) is 0 Å². The molecule has 0 unspecified atom stereocenters. The molecule has 0 aliphatic heterocycles. The minimum Gasteiger partial charge on any atom is -0.340 e. The second-order valence-electron chi connectivity index (χ2n) is 4.99. The van der Waals surface area contributed by atoms with Crippen molar-refractivity contribution < 1.29 is 4.39 Å². The summed E-state index contributed by atoms with van der Waals surface area (Å²) in [6.45, 7) is 1.89. The third-order valence-electron chi connectivity index (χ3n) is 3.05. The van der Waals surface area contributed by atoms with E-state index in [0.717, 1.165) is 21.5 Å². The molecule has 0 aliphatic carbocycles. The molecular formula is C17H14BrFN4. The van der Waals surface area contributed by atoms with Gasteiger partial charge in [-0.3, -0.25) is 0 Å². The Hall–Kier alpha value is -2.47. The zero-order chi connectivity index (χ0) is 16.2. The first-order valence-electron chi connectivity index (χ1n) is 6.99. The van der Waals surface area contributed by atoms with Gasteiger partial charge >= 0.3 is 0 Å². The standard InChI is InChI=1S/C17H14BrFN4/c1-11-9-16(21-15-4-2-3-12(18)10-15)23-17(20-11)22-14-7-5-13(19)6-8-14/h2-10H,1H3,(H2,20,21,22,23). The van der Waals surface area contributed by atoms with E-state index >= 15 is 0 Å². The molecule has 116 valence electrons. The molecule has 6 heteroatoms. The molecule has 2 N–H and O–H groups in total. The zero-order valence-electron chi connectivity index (χ0n) is 12.3. The van der Waals surface area contributed by atoms with Crippen LogP contribution < -0.4 is 10.6 Å². The van der Waals surface area contributed by atoms with Crippen molar-refractivity contribution in [3.63, 3.8) is 0 Å². The van der Waals surface area contributed by atoms with Gasteiger partial charge in [0, 0.05) is 27.6 Å². The Bertz CT molecular complexity index is 821. The molecule has 0 saturated carbocycles. The van der Waals surface area contributed by atoms with E-state index in [1.54, 1.807) is 12.1 Å². The van der Waals surface area contributed by atoms with Gasteiger partial charge in [0.15, 0.2) is 0 Å². The van der Waals surface area contributed by atoms with Crippen LogP contribution in [0.5, 0.6) is 0 Å². The van der Waals surface area contributed by atoms with Gasteiger partial charge in [-0.25, -0.2) is 9.37 Å². The SMILES string of the molecule is Cc1cc(Nc2cccc(Br)c2)nc(Nc2ccc(F)cc2)n1. The van der Waals surface area contributed by atoms with Gasteiger partial charge in [0.05, 0.1) is 0 Å². The molecule has 3 rings (SSSR count). The normalized spacial score (nSPS) is 10.4. The lowest BCUT2D eigenvalue weighted by Crippen LogP contribution is -2.02. The third kappa shape index (κ3) is 4.26. The van der Waals surface area contributed by atoms with Crippen LogP contribution in [0.3, 0.4) is 0 Å². The molecule has 1 aromatic heterocycles. The van der Waals surface area contributed by atoms with Crippen LogP contribution >= 0.6 is 15.9 Å². The monoisotopic (exact) mass is 372 g/mol. The minimum atomic E-state index is -0.280. The first-order chi connectivity index (χ1) is 11.1. The zero-order valence-corrected chi connectivity index (χ0v) is 13.9. The van der Waals surface area contributed by atoms with Crippen molar-refractivity contribution in [1.82, 2.24) is 9.97 Å². The molecular weight excluding hydrogens is 359 g/mol. The Morgan fingerprint density at radius 2 is 1.70 bits per heavy atom. The van der Waals surface area contributed by atoms with E-state index in [9.17, 15) is 4.39 Å². The van der Waals surface area contributed by atoms with Gasteiger partial charge in [-0.2, -0.15) is 4.98 Å². The maximum Gasteiger partial charge on any atom is 0.229 e. The van der Waals surface area contributed by atoms with Crippen LogP contribution in [-0.4, -0.2) is 9.97 Å². The molecule has 3 aromatic rings. The maximum atomic E-state index is 13.0. The van der Waals surface area contributed by atoms with Gasteiger partial charge in [0.2, 0.25) is 5.95 Å². The lowest BCUT2D eigenvalue weighted by Gasteiger charge is -2.10. The van der Waals surface area contributed by atoms with Crippen molar-refractivity contribution in [2.75, 3.05) is 10.6 Å². The van der Waals surface area contributed by atoms with Crippen molar-refractivity contribution >= 4 is 39.1 Å². The molecule has 0 radical (unpaired) electrons. The molecule has 0 fully saturated rings. The van der Waals surface area contributed by atoms with E-state index in [1.807, 2.05) is 37.3 Å². The Morgan fingerprint density at radius 1 is 0.913 bits per heavy atom. The minimum absolute atomic E-state index is 0.280. The van der Waals surface area contributed by atoms with Gasteiger partial charge in [-0.1, -0.05) is 22.0 Å². The molecule has 0 aliphatic rings. The molecule has 0 bridgehead atoms. The Morgan fingerprint density at radius 3 is 2.43 bits per heavy atom. The van der Waals surface area contributed by atoms with Gasteiger partial charge in [0.25, 0.3) is 0 Å². The summed E-state index contributed by atoms with van der Waals surface area (Å²) in [5, 5.41) is 6.31. The van der Waals surface area contributed by atoms with Crippen LogP contribution in [0, 0.1) is 12.7 Å². The lowest BCUT2D eigenvalue weighted by molar-refractivity contribution is 0.628. The summed E-state index contributed by atoms with van der Waals surface area (Å²) in [5.74, 6) is 0.854. The molecule has 0 spiro atoms. The summed E-state index contributed by atoms with van der Waals surface area (Å²) in [7, 11) is 0. The molecule has 0 saturated heterocycles. The topological polar surface area (TPSA) is 49.8 Å². The lowest BCUT2D eigenvalue weighted by atomic mass is 10.3. The maximum absolute atomic E-state index is 13.0. The smallest absolute Gasteiger partial charge is 0.229 e. The fourth-order valence-corrected chi connectivity index (χ4v) is 2.46. The fraction of sp³-hybridized carbons (Fsp3) is 0.0588. The van der Waals surface area contributed by atoms with Gasteiger partial charge in [0.1, 0.15) is 11.6 Å². The number of anilines is 4.